The highest BCUT2D eigenvalue weighted by atomic mass is 16.6. The van der Waals surface area contributed by atoms with Crippen molar-refractivity contribution in [2.75, 3.05) is 32.8 Å². The highest BCUT2D eigenvalue weighted by molar-refractivity contribution is 5.82. The van der Waals surface area contributed by atoms with Gasteiger partial charge in [-0.15, -0.1) is 0 Å². The normalized spacial score (nSPS) is 29.8. The molecule has 57 heavy (non-hydrogen) atoms. The molecule has 2 fully saturated rings. The van der Waals surface area contributed by atoms with Crippen LogP contribution in [0, 0.1) is 5.92 Å². The van der Waals surface area contributed by atoms with Gasteiger partial charge in [0.25, 0.3) is 0 Å². The number of esters is 1. The number of amides is 1. The first kappa shape index (κ1) is 45.8. The number of ether oxygens (including phenoxy) is 3. The fourth-order valence-corrected chi connectivity index (χ4v) is 10.3. The van der Waals surface area contributed by atoms with Gasteiger partial charge in [0.2, 0.25) is 11.6 Å². The van der Waals surface area contributed by atoms with Crippen LogP contribution < -0.4 is 22.1 Å². The van der Waals surface area contributed by atoms with Crippen molar-refractivity contribution in [3.8, 4) is 0 Å². The Hall–Kier alpha value is -2.25. The second-order valence-electron chi connectivity index (χ2n) is 17.9. The molecular formula is C45H81N6O6+. The standard InChI is InChI=1S/C45H80N6O6/c1-3-38-22-16-17-27-44(57-38)33-36-24-25-39-41(45(28-19-21-35(2)56-45)49-43(48-44)51(36)39)42(54)55-32-18-14-12-10-8-6-4-5-7-9-11-13-15-23-40(53)50(31-20-29-46)34-37(52)26-30-47/h16,22,35-39,41,52H,3-15,17-21,23-34,46-47H2,1-2H3,(H,48,49)/p+1/t35-,36+,37+,38+,39+,41-,44+,45-/m1/s1. The minimum absolute atomic E-state index is 0.0619. The first-order chi connectivity index (χ1) is 27.7. The minimum atomic E-state index is -0.761. The summed E-state index contributed by atoms with van der Waals surface area (Å²) >= 11 is 0. The number of hydrogen-bond donors (Lipinski definition) is 5. The van der Waals surface area contributed by atoms with Crippen molar-refractivity contribution in [3.63, 3.8) is 0 Å². The van der Waals surface area contributed by atoms with Gasteiger partial charge < -0.3 is 35.7 Å². The van der Waals surface area contributed by atoms with Crippen LogP contribution in [0.1, 0.15) is 174 Å². The lowest BCUT2D eigenvalue weighted by molar-refractivity contribution is -0.609. The maximum Gasteiger partial charge on any atom is 0.350 e. The summed E-state index contributed by atoms with van der Waals surface area (Å²) in [5.74, 6) is 0.653. The third-order valence-electron chi connectivity index (χ3n) is 13.3. The van der Waals surface area contributed by atoms with Crippen molar-refractivity contribution >= 4 is 17.8 Å². The summed E-state index contributed by atoms with van der Waals surface area (Å²) in [6.45, 7) is 6.73. The quantitative estimate of drug-likeness (QED) is 0.0315. The number of nitrogens with one attached hydrogen (secondary N) is 2. The highest BCUT2D eigenvalue weighted by Crippen LogP contribution is 2.45. The van der Waals surface area contributed by atoms with Gasteiger partial charge in [-0.25, -0.2) is 10.6 Å². The van der Waals surface area contributed by atoms with Crippen LogP contribution in [-0.4, -0.2) is 107 Å². The number of aliphatic hydroxyl groups excluding tert-OH is 1. The second-order valence-corrected chi connectivity index (χ2v) is 17.9. The Kier molecular flexibility index (Phi) is 18.9. The lowest BCUT2D eigenvalue weighted by Gasteiger charge is -2.50. The van der Waals surface area contributed by atoms with E-state index >= 15 is 0 Å². The third kappa shape index (κ3) is 13.1. The van der Waals surface area contributed by atoms with E-state index in [9.17, 15) is 14.7 Å². The van der Waals surface area contributed by atoms with E-state index in [1.54, 1.807) is 4.90 Å². The Morgan fingerprint density at radius 2 is 1.63 bits per heavy atom. The van der Waals surface area contributed by atoms with E-state index in [1.165, 1.54) is 57.8 Å². The van der Waals surface area contributed by atoms with Crippen LogP contribution in [-0.2, 0) is 23.8 Å². The highest BCUT2D eigenvalue weighted by Gasteiger charge is 2.64. The zero-order valence-electron chi connectivity index (χ0n) is 35.9. The van der Waals surface area contributed by atoms with Crippen LogP contribution in [0.2, 0.25) is 0 Å². The van der Waals surface area contributed by atoms with Crippen LogP contribution in [0.5, 0.6) is 0 Å². The van der Waals surface area contributed by atoms with E-state index < -0.39 is 17.6 Å². The number of nitrogens with zero attached hydrogens (tertiary/aromatic N) is 2. The maximum atomic E-state index is 14.1. The van der Waals surface area contributed by atoms with Crippen LogP contribution >= 0.6 is 0 Å². The van der Waals surface area contributed by atoms with Crippen molar-refractivity contribution in [3.05, 3.63) is 12.2 Å². The first-order valence-electron chi connectivity index (χ1n) is 23.5. The molecule has 0 unspecified atom stereocenters. The molecule has 326 valence electrons. The monoisotopic (exact) mass is 802 g/mol. The van der Waals surface area contributed by atoms with Crippen molar-refractivity contribution in [1.29, 1.82) is 0 Å². The van der Waals surface area contributed by atoms with Crippen molar-refractivity contribution in [1.82, 2.24) is 15.5 Å². The molecule has 0 radical (unpaired) electrons. The predicted octanol–water partition coefficient (Wildman–Crippen LogP) is 6.12. The maximum absolute atomic E-state index is 14.1. The Labute approximate surface area is 344 Å². The molecular weight excluding hydrogens is 721 g/mol. The Morgan fingerprint density at radius 3 is 2.30 bits per heavy atom. The summed E-state index contributed by atoms with van der Waals surface area (Å²) < 4.78 is 22.1. The van der Waals surface area contributed by atoms with E-state index in [1.807, 2.05) is 0 Å². The molecule has 12 heteroatoms. The topological polar surface area (TPSA) is 164 Å². The van der Waals surface area contributed by atoms with E-state index in [4.69, 9.17) is 25.7 Å². The SMILES string of the molecule is CC[C@H]1C=CCC[C@@]2(C[C@@H]3CC[C@H]4[C@H](C(=O)OCCCCCCCCCCCCCCCC(=O)N(CCCN)C[C@@H](O)CCN)[C@]5(CCC[C@@H](C)O5)NC(=[N+]34)N2)O1. The number of carbonyl (C=O) groups excluding carboxylic acids is 2. The minimum Gasteiger partial charge on any atom is -0.465 e. The summed E-state index contributed by atoms with van der Waals surface area (Å²) in [6, 6.07) is 0.391. The van der Waals surface area contributed by atoms with Crippen LogP contribution in [0.4, 0.5) is 0 Å². The molecule has 1 amide bonds. The van der Waals surface area contributed by atoms with Crippen molar-refractivity contribution < 1.29 is 33.5 Å². The lowest BCUT2D eigenvalue weighted by atomic mass is 9.80. The van der Waals surface area contributed by atoms with Crippen molar-refractivity contribution in [2.24, 2.45) is 17.4 Å². The third-order valence-corrected chi connectivity index (χ3v) is 13.3. The van der Waals surface area contributed by atoms with Crippen molar-refractivity contribution in [2.45, 2.75) is 216 Å². The predicted molar refractivity (Wildman–Crippen MR) is 225 cm³/mol. The molecule has 5 aliphatic rings. The van der Waals surface area contributed by atoms with Gasteiger partial charge in [0.15, 0.2) is 11.6 Å². The van der Waals surface area contributed by atoms with Gasteiger partial charge in [-0.3, -0.25) is 14.2 Å². The van der Waals surface area contributed by atoms with E-state index in [0.29, 0.717) is 51.7 Å². The molecule has 2 spiro atoms. The number of nitrogens with two attached hydrogens (primary N) is 2. The number of rotatable bonds is 25. The fourth-order valence-electron chi connectivity index (χ4n) is 10.3. The number of aliphatic hydroxyl groups is 1. The summed E-state index contributed by atoms with van der Waals surface area (Å²) in [7, 11) is 0. The number of allylic oxidation sites excluding steroid dienone is 1. The Balaban J connectivity index is 0.941. The molecule has 7 N–H and O–H groups in total. The smallest absolute Gasteiger partial charge is 0.350 e. The Morgan fingerprint density at radius 1 is 0.930 bits per heavy atom. The molecule has 5 heterocycles. The van der Waals surface area contributed by atoms with Gasteiger partial charge in [0.1, 0.15) is 0 Å². The van der Waals surface area contributed by atoms with Crippen LogP contribution in [0.15, 0.2) is 12.2 Å². The number of unbranched alkanes of at least 4 members (excludes halogenated alkanes) is 12. The number of guanidine groups is 1. The molecule has 12 nitrogen and oxygen atoms in total. The summed E-state index contributed by atoms with van der Waals surface area (Å²) in [4.78, 5) is 28.5. The van der Waals surface area contributed by atoms with Gasteiger partial charge in [0, 0.05) is 38.8 Å². The van der Waals surface area contributed by atoms with E-state index in [-0.39, 0.29) is 36.0 Å². The summed E-state index contributed by atoms with van der Waals surface area (Å²) in [5, 5.41) is 17.8. The summed E-state index contributed by atoms with van der Waals surface area (Å²) in [6.07, 6.45) is 29.7. The molecule has 0 aromatic rings. The van der Waals surface area contributed by atoms with Gasteiger partial charge in [-0.1, -0.05) is 89.7 Å². The largest absolute Gasteiger partial charge is 0.465 e. The molecule has 5 aliphatic heterocycles. The molecule has 0 saturated carbocycles. The fraction of sp³-hybridized carbons (Fsp3) is 0.889. The zero-order chi connectivity index (χ0) is 40.5. The molecule has 0 aliphatic carbocycles. The lowest BCUT2D eigenvalue weighted by Crippen LogP contribution is -2.76. The Bertz CT molecular complexity index is 1300. The molecule has 8 atom stereocenters. The summed E-state index contributed by atoms with van der Waals surface area (Å²) in [5.41, 5.74) is 10.0. The molecule has 0 aromatic heterocycles. The van der Waals surface area contributed by atoms with E-state index in [0.717, 1.165) is 95.9 Å². The average molecular weight is 802 g/mol. The van der Waals surface area contributed by atoms with Crippen LogP contribution in [0.25, 0.3) is 0 Å². The van der Waals surface area contributed by atoms with Crippen LogP contribution in [0.3, 0.4) is 0 Å². The van der Waals surface area contributed by atoms with Gasteiger partial charge >= 0.3 is 11.9 Å². The second kappa shape index (κ2) is 23.5. The number of carbonyl (C=O) groups is 2. The molecule has 5 rings (SSSR count). The number of hydrogen-bond acceptors (Lipinski definition) is 10. The molecule has 0 aromatic carbocycles. The molecule has 0 bridgehead atoms. The average Bonchev–Trinajstić information content (AvgIpc) is 3.49. The first-order valence-corrected chi connectivity index (χ1v) is 23.5. The molecule has 2 saturated heterocycles. The van der Waals surface area contributed by atoms with Gasteiger partial charge in [0.05, 0.1) is 37.0 Å². The van der Waals surface area contributed by atoms with E-state index in [2.05, 4.69) is 41.2 Å². The van der Waals surface area contributed by atoms with Gasteiger partial charge in [-0.2, -0.15) is 0 Å². The zero-order valence-corrected chi connectivity index (χ0v) is 35.9. The van der Waals surface area contributed by atoms with Gasteiger partial charge in [-0.05, 0) is 84.2 Å².